The van der Waals surface area contributed by atoms with Crippen LogP contribution in [0, 0.1) is 0 Å². The molecule has 0 saturated carbocycles. The molecule has 0 amide bonds. The quantitative estimate of drug-likeness (QED) is 0.156. The molecular weight excluding hydrogens is 787 g/mol. The van der Waals surface area contributed by atoms with E-state index in [9.17, 15) is 0 Å². The normalized spacial score (nSPS) is 11.7. The Bertz CT molecular complexity index is 3830. The second-order valence-corrected chi connectivity index (χ2v) is 17.0. The molecule has 0 bridgehead atoms. The van der Waals surface area contributed by atoms with Crippen LogP contribution in [-0.2, 0) is 0 Å². The zero-order valence-corrected chi connectivity index (χ0v) is 35.5. The zero-order valence-electron chi connectivity index (χ0n) is 35.5. The molecule has 0 unspecified atom stereocenters. The molecule has 3 nitrogen and oxygen atoms in total. The molecule has 0 fully saturated rings. The summed E-state index contributed by atoms with van der Waals surface area (Å²) in [6.45, 7) is 0. The van der Waals surface area contributed by atoms with E-state index in [-0.39, 0.29) is 0 Å². The van der Waals surface area contributed by atoms with Gasteiger partial charge in [0.1, 0.15) is 0 Å². The van der Waals surface area contributed by atoms with Gasteiger partial charge in [-0.05, 0) is 123 Å². The van der Waals surface area contributed by atoms with Crippen LogP contribution in [0.4, 0.5) is 17.1 Å². The fraction of sp³-hybridized carbons (Fsp3) is 0. The van der Waals surface area contributed by atoms with E-state index in [1.54, 1.807) is 0 Å². The molecule has 0 saturated heterocycles. The molecule has 2 heterocycles. The first kappa shape index (κ1) is 36.9. The second kappa shape index (κ2) is 15.0. The van der Waals surface area contributed by atoms with Crippen molar-refractivity contribution in [1.82, 2.24) is 9.13 Å². The van der Waals surface area contributed by atoms with Crippen molar-refractivity contribution < 1.29 is 0 Å². The van der Waals surface area contributed by atoms with Gasteiger partial charge in [-0.25, -0.2) is 0 Å². The molecule has 0 aliphatic rings. The summed E-state index contributed by atoms with van der Waals surface area (Å²) >= 11 is 0. The minimum absolute atomic E-state index is 1.10. The van der Waals surface area contributed by atoms with Gasteiger partial charge < -0.3 is 14.0 Å². The Morgan fingerprint density at radius 1 is 0.262 bits per heavy atom. The van der Waals surface area contributed by atoms with Crippen LogP contribution in [-0.4, -0.2) is 9.13 Å². The van der Waals surface area contributed by atoms with E-state index in [0.717, 1.165) is 28.4 Å². The van der Waals surface area contributed by atoms with Gasteiger partial charge >= 0.3 is 0 Å². The highest BCUT2D eigenvalue weighted by atomic mass is 15.1. The van der Waals surface area contributed by atoms with Gasteiger partial charge in [0, 0.05) is 50.0 Å². The van der Waals surface area contributed by atoms with E-state index in [4.69, 9.17) is 0 Å². The molecule has 0 atom stereocenters. The fourth-order valence-corrected chi connectivity index (χ4v) is 10.2. The summed E-state index contributed by atoms with van der Waals surface area (Å²) in [4.78, 5) is 2.38. The topological polar surface area (TPSA) is 13.1 Å². The first-order valence-corrected chi connectivity index (χ1v) is 22.3. The third-order valence-electron chi connectivity index (χ3n) is 13.3. The Hall–Kier alpha value is -8.66. The Morgan fingerprint density at radius 3 is 1.40 bits per heavy atom. The predicted octanol–water partition coefficient (Wildman–Crippen LogP) is 17.0. The van der Waals surface area contributed by atoms with Crippen LogP contribution in [0.1, 0.15) is 0 Å². The van der Waals surface area contributed by atoms with Gasteiger partial charge in [0.2, 0.25) is 0 Å². The third kappa shape index (κ3) is 6.12. The molecule has 2 aromatic heterocycles. The lowest BCUT2D eigenvalue weighted by molar-refractivity contribution is 1.18. The van der Waals surface area contributed by atoms with Crippen molar-refractivity contribution in [2.45, 2.75) is 0 Å². The predicted molar refractivity (Wildman–Crippen MR) is 276 cm³/mol. The van der Waals surface area contributed by atoms with E-state index < -0.39 is 0 Å². The van der Waals surface area contributed by atoms with Crippen LogP contribution in [0.3, 0.4) is 0 Å². The van der Waals surface area contributed by atoms with Crippen molar-refractivity contribution in [3.05, 3.63) is 249 Å². The van der Waals surface area contributed by atoms with Crippen LogP contribution < -0.4 is 4.90 Å². The second-order valence-electron chi connectivity index (χ2n) is 17.0. The largest absolute Gasteiger partial charge is 0.310 e. The molecule has 0 spiro atoms. The molecule has 13 aromatic rings. The minimum atomic E-state index is 1.10. The highest BCUT2D eigenvalue weighted by Crippen LogP contribution is 2.43. The Labute approximate surface area is 376 Å². The summed E-state index contributed by atoms with van der Waals surface area (Å²) in [7, 11) is 0. The maximum Gasteiger partial charge on any atom is 0.0641 e. The van der Waals surface area contributed by atoms with Crippen LogP contribution >= 0.6 is 0 Å². The van der Waals surface area contributed by atoms with Crippen molar-refractivity contribution in [3.8, 4) is 33.6 Å². The Morgan fingerprint density at radius 2 is 0.738 bits per heavy atom. The molecular formula is C62H41N3. The van der Waals surface area contributed by atoms with E-state index in [1.807, 2.05) is 0 Å². The summed E-state index contributed by atoms with van der Waals surface area (Å²) in [5.41, 5.74) is 15.2. The van der Waals surface area contributed by atoms with Crippen LogP contribution in [0.2, 0.25) is 0 Å². The van der Waals surface area contributed by atoms with Crippen LogP contribution in [0.15, 0.2) is 249 Å². The van der Waals surface area contributed by atoms with Crippen molar-refractivity contribution in [2.24, 2.45) is 0 Å². The highest BCUT2D eigenvalue weighted by Gasteiger charge is 2.21. The smallest absolute Gasteiger partial charge is 0.0641 e. The minimum Gasteiger partial charge on any atom is -0.310 e. The number of para-hydroxylation sites is 2. The number of nitrogens with zero attached hydrogens (tertiary/aromatic N) is 3. The molecule has 0 aliphatic heterocycles. The summed E-state index contributed by atoms with van der Waals surface area (Å²) in [5, 5.41) is 9.80. The molecule has 0 radical (unpaired) electrons. The third-order valence-corrected chi connectivity index (χ3v) is 13.3. The summed E-state index contributed by atoms with van der Waals surface area (Å²) in [5.74, 6) is 0. The van der Waals surface area contributed by atoms with E-state index in [1.165, 1.54) is 87.4 Å². The average molecular weight is 828 g/mol. The SMILES string of the molecule is c1ccc(-c2ccc(N(c3ccc(-c4ccccc4)cc3)c3ccc4ccc(-n5c6ccccc6c6ccc7c(c8ccccc8n7-c7ccc8ccccc8c7)c65)cc4c3)cc2)cc1. The van der Waals surface area contributed by atoms with E-state index in [0.29, 0.717) is 0 Å². The number of anilines is 3. The first-order valence-electron chi connectivity index (χ1n) is 22.3. The molecule has 13 rings (SSSR count). The van der Waals surface area contributed by atoms with Crippen LogP contribution in [0.5, 0.6) is 0 Å². The number of benzene rings is 11. The average Bonchev–Trinajstić information content (AvgIpc) is 3.90. The monoisotopic (exact) mass is 827 g/mol. The van der Waals surface area contributed by atoms with Gasteiger partial charge in [-0.2, -0.15) is 0 Å². The first-order chi connectivity index (χ1) is 32.2. The summed E-state index contributed by atoms with van der Waals surface area (Å²) < 4.78 is 4.94. The summed E-state index contributed by atoms with van der Waals surface area (Å²) in [6.07, 6.45) is 0. The van der Waals surface area contributed by atoms with Gasteiger partial charge in [0.15, 0.2) is 0 Å². The van der Waals surface area contributed by atoms with Crippen LogP contribution in [0.25, 0.3) is 98.8 Å². The maximum atomic E-state index is 2.50. The van der Waals surface area contributed by atoms with E-state index >= 15 is 0 Å². The molecule has 3 heteroatoms. The van der Waals surface area contributed by atoms with Gasteiger partial charge in [0.25, 0.3) is 0 Å². The lowest BCUT2D eigenvalue weighted by atomic mass is 10.0. The number of rotatable bonds is 7. The number of aromatic nitrogens is 2. The van der Waals surface area contributed by atoms with Crippen molar-refractivity contribution in [1.29, 1.82) is 0 Å². The maximum absolute atomic E-state index is 2.50. The number of hydrogen-bond acceptors (Lipinski definition) is 1. The fourth-order valence-electron chi connectivity index (χ4n) is 10.2. The lowest BCUT2D eigenvalue weighted by Crippen LogP contribution is -2.10. The van der Waals surface area contributed by atoms with Crippen molar-refractivity contribution in [2.75, 3.05) is 4.90 Å². The molecule has 0 aliphatic carbocycles. The summed E-state index contributed by atoms with van der Waals surface area (Å²) in [6, 6.07) is 90.7. The molecule has 304 valence electrons. The molecule has 0 N–H and O–H groups in total. The Balaban J connectivity index is 0.999. The Kier molecular flexibility index (Phi) is 8.53. The van der Waals surface area contributed by atoms with Gasteiger partial charge in [-0.3, -0.25) is 0 Å². The zero-order chi connectivity index (χ0) is 42.8. The van der Waals surface area contributed by atoms with Gasteiger partial charge in [-0.1, -0.05) is 170 Å². The van der Waals surface area contributed by atoms with Gasteiger partial charge in [-0.15, -0.1) is 0 Å². The molecule has 11 aromatic carbocycles. The molecule has 65 heavy (non-hydrogen) atoms. The lowest BCUT2D eigenvalue weighted by Gasteiger charge is -2.26. The number of fused-ring (bicyclic) bond motifs is 9. The van der Waals surface area contributed by atoms with Crippen molar-refractivity contribution in [3.63, 3.8) is 0 Å². The number of hydrogen-bond donors (Lipinski definition) is 0. The standard InChI is InChI=1S/C62H41N3/c1-3-13-42(14-4-1)45-23-30-50(31-24-45)63(51-32-25-46(26-33-51)43-15-5-2-6-16-43)52-34-28-47-29-36-54(41-49(47)40-52)65-58-21-11-9-19-55(58)56-37-38-60-61(62(56)65)57-20-10-12-22-59(57)64(60)53-35-27-44-17-7-8-18-48(44)39-53/h1-41H. The van der Waals surface area contributed by atoms with Gasteiger partial charge in [0.05, 0.1) is 22.1 Å². The highest BCUT2D eigenvalue weighted by molar-refractivity contribution is 6.26. The van der Waals surface area contributed by atoms with Crippen molar-refractivity contribution >= 4 is 82.2 Å². The van der Waals surface area contributed by atoms with E-state index in [2.05, 4.69) is 263 Å².